The zero-order valence-electron chi connectivity index (χ0n) is 20.9. The predicted molar refractivity (Wildman–Crippen MR) is 139 cm³/mol. The fourth-order valence-corrected chi connectivity index (χ4v) is 5.00. The minimum atomic E-state index is -0.229. The first-order valence-electron chi connectivity index (χ1n) is 12.6. The summed E-state index contributed by atoms with van der Waals surface area (Å²) in [5.41, 5.74) is 4.34. The number of aryl methyl sites for hydroxylation is 3. The third-order valence-electron chi connectivity index (χ3n) is 6.80. The third-order valence-corrected chi connectivity index (χ3v) is 6.80. The van der Waals surface area contributed by atoms with E-state index in [1.165, 1.54) is 5.56 Å². The van der Waals surface area contributed by atoms with Crippen LogP contribution in [-0.4, -0.2) is 49.1 Å². The van der Waals surface area contributed by atoms with Gasteiger partial charge in [-0.3, -0.25) is 23.5 Å². The molecule has 1 aliphatic rings. The highest BCUT2D eigenvalue weighted by Gasteiger charge is 2.21. The average Bonchev–Trinajstić information content (AvgIpc) is 3.28. The molecule has 0 bridgehead atoms. The van der Waals surface area contributed by atoms with Crippen molar-refractivity contribution in [3.63, 3.8) is 0 Å². The van der Waals surface area contributed by atoms with Gasteiger partial charge in [0.15, 0.2) is 0 Å². The maximum atomic E-state index is 13.1. The average molecular weight is 485 g/mol. The molecule has 1 N–H and O–H groups in total. The van der Waals surface area contributed by atoms with Crippen molar-refractivity contribution in [1.82, 2.24) is 29.4 Å². The lowest BCUT2D eigenvalue weighted by atomic mass is 10.0. The molecular formula is C28H32N6O2. The molecule has 1 saturated heterocycles. The van der Waals surface area contributed by atoms with Crippen molar-refractivity contribution in [3.05, 3.63) is 93.8 Å². The van der Waals surface area contributed by atoms with Gasteiger partial charge < -0.3 is 5.32 Å². The second kappa shape index (κ2) is 10.5. The molecule has 5 rings (SSSR count). The number of hydrogen-bond donors (Lipinski definition) is 1. The van der Waals surface area contributed by atoms with Gasteiger partial charge in [0.1, 0.15) is 5.82 Å². The van der Waals surface area contributed by atoms with Crippen molar-refractivity contribution in [2.75, 3.05) is 13.1 Å². The van der Waals surface area contributed by atoms with E-state index in [2.05, 4.69) is 50.7 Å². The molecule has 2 aromatic carbocycles. The number of benzene rings is 2. The Hall–Kier alpha value is -3.78. The standard InChI is InChI=1S/C28H32N6O2/c1-20-16-21(2)18-24(17-20)33-14-15-34-25(30-31-27(34)28(33)36)8-9-26(35)29-23-10-12-32(13-11-23)19-22-6-4-3-5-7-22/h3-7,14-18,23H,8-13,19H2,1-2H3,(H,29,35). The summed E-state index contributed by atoms with van der Waals surface area (Å²) < 4.78 is 3.28. The summed E-state index contributed by atoms with van der Waals surface area (Å²) >= 11 is 0. The number of likely N-dealkylation sites (tertiary alicyclic amines) is 1. The number of rotatable bonds is 7. The van der Waals surface area contributed by atoms with Crippen LogP contribution < -0.4 is 10.9 Å². The SMILES string of the molecule is Cc1cc(C)cc(-n2ccn3c(CCC(=O)NC4CCN(Cc5ccccc5)CC4)nnc3c2=O)c1. The molecule has 0 spiro atoms. The number of amides is 1. The molecule has 0 aliphatic carbocycles. The van der Waals surface area contributed by atoms with Crippen LogP contribution in [-0.2, 0) is 17.8 Å². The van der Waals surface area contributed by atoms with E-state index in [1.807, 2.05) is 32.0 Å². The van der Waals surface area contributed by atoms with Crippen molar-refractivity contribution in [2.24, 2.45) is 0 Å². The predicted octanol–water partition coefficient (Wildman–Crippen LogP) is 3.21. The van der Waals surface area contributed by atoms with Crippen molar-refractivity contribution in [3.8, 4) is 5.69 Å². The molecule has 1 amide bonds. The van der Waals surface area contributed by atoms with Crippen molar-refractivity contribution >= 4 is 11.6 Å². The number of carbonyl (C=O) groups excluding carboxylic acids is 1. The van der Waals surface area contributed by atoms with Crippen LogP contribution in [0.5, 0.6) is 0 Å². The Labute approximate surface area is 210 Å². The fourth-order valence-electron chi connectivity index (χ4n) is 5.00. The molecule has 1 fully saturated rings. The molecule has 0 atom stereocenters. The van der Waals surface area contributed by atoms with Gasteiger partial charge in [-0.15, -0.1) is 10.2 Å². The van der Waals surface area contributed by atoms with Crippen LogP contribution in [0, 0.1) is 13.8 Å². The number of fused-ring (bicyclic) bond motifs is 1. The largest absolute Gasteiger partial charge is 0.353 e. The summed E-state index contributed by atoms with van der Waals surface area (Å²) in [4.78, 5) is 28.1. The van der Waals surface area contributed by atoms with Crippen LogP contribution in [0.25, 0.3) is 11.3 Å². The molecule has 186 valence electrons. The topological polar surface area (TPSA) is 84.5 Å². The molecule has 3 heterocycles. The minimum Gasteiger partial charge on any atom is -0.353 e. The van der Waals surface area contributed by atoms with Crippen molar-refractivity contribution in [1.29, 1.82) is 0 Å². The van der Waals surface area contributed by atoms with Gasteiger partial charge in [-0.1, -0.05) is 36.4 Å². The number of hydrogen-bond acceptors (Lipinski definition) is 5. The summed E-state index contributed by atoms with van der Waals surface area (Å²) in [6.45, 7) is 6.91. The van der Waals surface area contributed by atoms with E-state index in [9.17, 15) is 9.59 Å². The molecule has 0 unspecified atom stereocenters. The van der Waals surface area contributed by atoms with E-state index in [0.29, 0.717) is 18.7 Å². The summed E-state index contributed by atoms with van der Waals surface area (Å²) in [5, 5.41) is 11.5. The van der Waals surface area contributed by atoms with E-state index in [-0.39, 0.29) is 23.2 Å². The Bertz CT molecular complexity index is 1400. The summed E-state index contributed by atoms with van der Waals surface area (Å²) in [6, 6.07) is 16.7. The first-order chi connectivity index (χ1) is 17.5. The monoisotopic (exact) mass is 484 g/mol. The summed E-state index contributed by atoms with van der Waals surface area (Å²) in [6.07, 6.45) is 6.16. The Balaban J connectivity index is 1.16. The van der Waals surface area contributed by atoms with Gasteiger partial charge >= 0.3 is 5.56 Å². The van der Waals surface area contributed by atoms with E-state index < -0.39 is 0 Å². The molecule has 0 radical (unpaired) electrons. The molecular weight excluding hydrogens is 452 g/mol. The van der Waals surface area contributed by atoms with Gasteiger partial charge in [-0.2, -0.15) is 0 Å². The molecule has 36 heavy (non-hydrogen) atoms. The molecule has 1 aliphatic heterocycles. The number of nitrogens with one attached hydrogen (secondary N) is 1. The number of aromatic nitrogens is 4. The van der Waals surface area contributed by atoms with Gasteiger partial charge in [0.05, 0.1) is 0 Å². The number of nitrogens with zero attached hydrogens (tertiary/aromatic N) is 5. The molecule has 2 aromatic heterocycles. The van der Waals surface area contributed by atoms with Gasteiger partial charge in [0.25, 0.3) is 0 Å². The Morgan fingerprint density at radius 1 is 1.00 bits per heavy atom. The van der Waals surface area contributed by atoms with Crippen LogP contribution in [0.4, 0.5) is 0 Å². The van der Waals surface area contributed by atoms with E-state index in [0.717, 1.165) is 49.3 Å². The molecule has 8 heteroatoms. The maximum absolute atomic E-state index is 13.1. The lowest BCUT2D eigenvalue weighted by Gasteiger charge is -2.32. The Morgan fingerprint density at radius 3 is 2.44 bits per heavy atom. The van der Waals surface area contributed by atoms with E-state index in [1.54, 1.807) is 21.4 Å². The van der Waals surface area contributed by atoms with Gasteiger partial charge in [0.2, 0.25) is 11.6 Å². The highest BCUT2D eigenvalue weighted by molar-refractivity contribution is 5.76. The van der Waals surface area contributed by atoms with Gasteiger partial charge in [-0.25, -0.2) is 0 Å². The van der Waals surface area contributed by atoms with Crippen LogP contribution in [0.2, 0.25) is 0 Å². The lowest BCUT2D eigenvalue weighted by Crippen LogP contribution is -2.44. The highest BCUT2D eigenvalue weighted by atomic mass is 16.1. The number of carbonyl (C=O) groups is 1. The minimum absolute atomic E-state index is 0.0110. The summed E-state index contributed by atoms with van der Waals surface area (Å²) in [5.74, 6) is 0.624. The zero-order chi connectivity index (χ0) is 25.1. The van der Waals surface area contributed by atoms with Crippen LogP contribution in [0.3, 0.4) is 0 Å². The fraction of sp³-hybridized carbons (Fsp3) is 0.357. The Kier molecular flexibility index (Phi) is 6.95. The second-order valence-electron chi connectivity index (χ2n) is 9.73. The van der Waals surface area contributed by atoms with Gasteiger partial charge in [-0.05, 0) is 55.5 Å². The lowest BCUT2D eigenvalue weighted by molar-refractivity contribution is -0.122. The zero-order valence-corrected chi connectivity index (χ0v) is 20.9. The first-order valence-corrected chi connectivity index (χ1v) is 12.6. The van der Waals surface area contributed by atoms with Crippen molar-refractivity contribution < 1.29 is 4.79 Å². The molecule has 8 nitrogen and oxygen atoms in total. The van der Waals surface area contributed by atoms with Crippen molar-refractivity contribution in [2.45, 2.75) is 52.1 Å². The number of piperidine rings is 1. The van der Waals surface area contributed by atoms with Crippen LogP contribution in [0.1, 0.15) is 41.8 Å². The van der Waals surface area contributed by atoms with E-state index >= 15 is 0 Å². The normalized spacial score (nSPS) is 14.8. The van der Waals surface area contributed by atoms with Crippen LogP contribution in [0.15, 0.2) is 65.7 Å². The highest BCUT2D eigenvalue weighted by Crippen LogP contribution is 2.15. The quantitative estimate of drug-likeness (QED) is 0.436. The van der Waals surface area contributed by atoms with E-state index in [4.69, 9.17) is 0 Å². The third kappa shape index (κ3) is 5.39. The molecule has 0 saturated carbocycles. The first kappa shape index (κ1) is 23.9. The summed E-state index contributed by atoms with van der Waals surface area (Å²) in [7, 11) is 0. The van der Waals surface area contributed by atoms with Crippen LogP contribution >= 0.6 is 0 Å². The van der Waals surface area contributed by atoms with Gasteiger partial charge in [0, 0.05) is 56.6 Å². The smallest absolute Gasteiger partial charge is 0.300 e. The molecule has 4 aromatic rings. The second-order valence-corrected chi connectivity index (χ2v) is 9.73. The maximum Gasteiger partial charge on any atom is 0.300 e. The Morgan fingerprint density at radius 2 is 1.72 bits per heavy atom.